The molecule has 4 heteroatoms. The van der Waals surface area contributed by atoms with Gasteiger partial charge < -0.3 is 14.8 Å². The van der Waals surface area contributed by atoms with E-state index in [9.17, 15) is 5.11 Å². The van der Waals surface area contributed by atoms with Crippen LogP contribution in [0.2, 0.25) is 0 Å². The third kappa shape index (κ3) is 1.73. The lowest BCUT2D eigenvalue weighted by Gasteiger charge is -2.23. The summed E-state index contributed by atoms with van der Waals surface area (Å²) in [5, 5.41) is 11.2. The van der Waals surface area contributed by atoms with Crippen LogP contribution in [0.15, 0.2) is 42.9 Å². The number of hydrogen-bond donors (Lipinski definition) is 2. The van der Waals surface area contributed by atoms with E-state index in [4.69, 9.17) is 4.74 Å². The summed E-state index contributed by atoms with van der Waals surface area (Å²) in [7, 11) is 0. The molecule has 0 fully saturated rings. The smallest absolute Gasteiger partial charge is 0.104 e. The highest BCUT2D eigenvalue weighted by atomic mass is 16.5. The molecule has 1 aliphatic rings. The monoisotopic (exact) mass is 266 g/mol. The Morgan fingerprint density at radius 1 is 1.25 bits per heavy atom. The first-order valence-corrected chi connectivity index (χ1v) is 6.63. The van der Waals surface area contributed by atoms with Gasteiger partial charge in [-0.15, -0.1) is 0 Å². The Kier molecular flexibility index (Phi) is 2.58. The van der Waals surface area contributed by atoms with Gasteiger partial charge in [0.1, 0.15) is 6.10 Å². The van der Waals surface area contributed by atoms with Gasteiger partial charge in [0.05, 0.1) is 13.2 Å². The molecule has 0 saturated heterocycles. The van der Waals surface area contributed by atoms with Gasteiger partial charge in [-0.1, -0.05) is 12.1 Å². The van der Waals surface area contributed by atoms with E-state index in [0.29, 0.717) is 13.2 Å². The molecule has 3 aromatic rings. The molecule has 3 heterocycles. The third-order valence-electron chi connectivity index (χ3n) is 3.84. The topological polar surface area (TPSA) is 58.1 Å². The number of aliphatic hydroxyl groups excluding tert-OH is 1. The molecule has 0 radical (unpaired) electrons. The van der Waals surface area contributed by atoms with Crippen LogP contribution in [-0.2, 0) is 11.3 Å². The third-order valence-corrected chi connectivity index (χ3v) is 3.84. The summed E-state index contributed by atoms with van der Waals surface area (Å²) in [5.41, 5.74) is 5.11. The minimum absolute atomic E-state index is 0.341. The number of benzene rings is 1. The summed E-state index contributed by atoms with van der Waals surface area (Å²) in [6, 6.07) is 8.31. The minimum atomic E-state index is -0.583. The van der Waals surface area contributed by atoms with E-state index in [1.165, 1.54) is 5.39 Å². The maximum absolute atomic E-state index is 10.0. The van der Waals surface area contributed by atoms with Crippen molar-refractivity contribution in [3.8, 4) is 11.1 Å². The number of aromatic nitrogens is 2. The maximum atomic E-state index is 10.0. The van der Waals surface area contributed by atoms with Gasteiger partial charge in [0.15, 0.2) is 0 Å². The van der Waals surface area contributed by atoms with Crippen LogP contribution in [0.1, 0.15) is 17.2 Å². The molecule has 2 aromatic heterocycles. The summed E-state index contributed by atoms with van der Waals surface area (Å²) >= 11 is 0. The van der Waals surface area contributed by atoms with Crippen molar-refractivity contribution in [1.29, 1.82) is 0 Å². The Balaban J connectivity index is 1.91. The predicted octanol–water partition coefficient (Wildman–Crippen LogP) is 2.79. The maximum Gasteiger partial charge on any atom is 0.104 e. The molecule has 100 valence electrons. The molecule has 4 nitrogen and oxygen atoms in total. The average Bonchev–Trinajstić information content (AvgIpc) is 2.94. The van der Waals surface area contributed by atoms with Gasteiger partial charge in [0.2, 0.25) is 0 Å². The van der Waals surface area contributed by atoms with Crippen molar-refractivity contribution >= 4 is 10.9 Å². The van der Waals surface area contributed by atoms with E-state index < -0.39 is 6.10 Å². The van der Waals surface area contributed by atoms with E-state index in [0.717, 1.165) is 27.8 Å². The van der Waals surface area contributed by atoms with Crippen LogP contribution in [0.3, 0.4) is 0 Å². The van der Waals surface area contributed by atoms with Crippen molar-refractivity contribution in [3.63, 3.8) is 0 Å². The number of nitrogens with one attached hydrogen (secondary N) is 1. The number of aromatic amines is 1. The van der Waals surface area contributed by atoms with E-state index in [1.807, 2.05) is 18.5 Å². The molecule has 4 rings (SSSR count). The predicted molar refractivity (Wildman–Crippen MR) is 76.1 cm³/mol. The number of ether oxygens (including phenoxy) is 1. The fourth-order valence-corrected chi connectivity index (χ4v) is 2.78. The first-order valence-electron chi connectivity index (χ1n) is 6.63. The van der Waals surface area contributed by atoms with Crippen LogP contribution in [-0.4, -0.2) is 21.7 Å². The zero-order valence-electron chi connectivity index (χ0n) is 10.8. The number of H-pyrrole nitrogens is 1. The van der Waals surface area contributed by atoms with Crippen molar-refractivity contribution in [1.82, 2.24) is 9.97 Å². The van der Waals surface area contributed by atoms with E-state index in [-0.39, 0.29) is 0 Å². The van der Waals surface area contributed by atoms with E-state index in [1.54, 1.807) is 6.20 Å². The van der Waals surface area contributed by atoms with Crippen LogP contribution >= 0.6 is 0 Å². The van der Waals surface area contributed by atoms with Gasteiger partial charge in [-0.25, -0.2) is 0 Å². The second kappa shape index (κ2) is 4.44. The van der Waals surface area contributed by atoms with Gasteiger partial charge >= 0.3 is 0 Å². The lowest BCUT2D eigenvalue weighted by molar-refractivity contribution is 0.00981. The second-order valence-corrected chi connectivity index (χ2v) is 5.07. The highest BCUT2D eigenvalue weighted by Gasteiger charge is 2.22. The van der Waals surface area contributed by atoms with Crippen molar-refractivity contribution in [2.45, 2.75) is 12.7 Å². The van der Waals surface area contributed by atoms with Gasteiger partial charge in [-0.05, 0) is 28.6 Å². The quantitative estimate of drug-likeness (QED) is 0.712. The molecule has 0 saturated carbocycles. The summed E-state index contributed by atoms with van der Waals surface area (Å²) in [6.45, 7) is 0.862. The number of aliphatic hydroxyl groups is 1. The van der Waals surface area contributed by atoms with Crippen LogP contribution in [0.4, 0.5) is 0 Å². The zero-order valence-corrected chi connectivity index (χ0v) is 10.8. The van der Waals surface area contributed by atoms with Crippen LogP contribution < -0.4 is 0 Å². The average molecular weight is 266 g/mol. The molecule has 20 heavy (non-hydrogen) atoms. The molecule has 0 bridgehead atoms. The molecular formula is C16H14N2O2. The van der Waals surface area contributed by atoms with Gasteiger partial charge in [0, 0.05) is 35.2 Å². The first kappa shape index (κ1) is 11.6. The molecule has 1 aliphatic heterocycles. The molecule has 1 unspecified atom stereocenters. The Morgan fingerprint density at radius 3 is 3.15 bits per heavy atom. The minimum Gasteiger partial charge on any atom is -0.386 e. The Hall–Kier alpha value is -2.17. The number of hydrogen-bond acceptors (Lipinski definition) is 3. The summed E-state index contributed by atoms with van der Waals surface area (Å²) in [5.74, 6) is 0. The highest BCUT2D eigenvalue weighted by molar-refractivity contribution is 5.85. The highest BCUT2D eigenvalue weighted by Crippen LogP contribution is 2.33. The van der Waals surface area contributed by atoms with Crippen molar-refractivity contribution in [2.75, 3.05) is 6.61 Å². The number of nitrogens with zero attached hydrogens (tertiary/aromatic N) is 1. The summed E-state index contributed by atoms with van der Waals surface area (Å²) in [6.07, 6.45) is 4.92. The molecule has 2 N–H and O–H groups in total. The van der Waals surface area contributed by atoms with Crippen LogP contribution in [0.25, 0.3) is 22.0 Å². The molecule has 1 aromatic carbocycles. The van der Waals surface area contributed by atoms with Gasteiger partial charge in [0.25, 0.3) is 0 Å². The van der Waals surface area contributed by atoms with E-state index >= 15 is 0 Å². The fraction of sp³-hybridized carbons (Fsp3) is 0.188. The van der Waals surface area contributed by atoms with Crippen LogP contribution in [0.5, 0.6) is 0 Å². The largest absolute Gasteiger partial charge is 0.386 e. The lowest BCUT2D eigenvalue weighted by Crippen LogP contribution is -2.17. The Morgan fingerprint density at radius 2 is 2.20 bits per heavy atom. The fourth-order valence-electron chi connectivity index (χ4n) is 2.78. The normalized spacial score (nSPS) is 18.1. The lowest BCUT2D eigenvalue weighted by atomic mass is 9.94. The van der Waals surface area contributed by atoms with Gasteiger partial charge in [-0.2, -0.15) is 0 Å². The molecular weight excluding hydrogens is 252 g/mol. The van der Waals surface area contributed by atoms with Gasteiger partial charge in [-0.3, -0.25) is 4.98 Å². The van der Waals surface area contributed by atoms with Crippen molar-refractivity contribution in [3.05, 3.63) is 54.0 Å². The zero-order chi connectivity index (χ0) is 13.5. The van der Waals surface area contributed by atoms with Crippen LogP contribution in [0, 0.1) is 0 Å². The summed E-state index contributed by atoms with van der Waals surface area (Å²) in [4.78, 5) is 7.48. The van der Waals surface area contributed by atoms with Crippen molar-refractivity contribution in [2.24, 2.45) is 0 Å². The second-order valence-electron chi connectivity index (χ2n) is 5.07. The molecule has 0 aliphatic carbocycles. The molecule has 1 atom stereocenters. The van der Waals surface area contributed by atoms with E-state index in [2.05, 4.69) is 28.2 Å². The summed E-state index contributed by atoms with van der Waals surface area (Å²) < 4.78 is 5.46. The number of rotatable bonds is 1. The Labute approximate surface area is 116 Å². The molecule has 0 amide bonds. The SMILES string of the molecule is OC1COCc2c(-c3ccc4cc[nH]c4c3)cncc21. The number of pyridine rings is 1. The first-order chi connectivity index (χ1) is 9.83. The molecule has 0 spiro atoms. The van der Waals surface area contributed by atoms with Crippen molar-refractivity contribution < 1.29 is 9.84 Å². The number of fused-ring (bicyclic) bond motifs is 2. The standard InChI is InChI=1S/C16H14N2O2/c19-16-9-20-8-14-12(6-17-7-13(14)16)11-2-1-10-3-4-18-15(10)5-11/h1-7,16,18-19H,8-9H2. The Bertz CT molecular complexity index is 779.